The van der Waals surface area contributed by atoms with E-state index in [4.69, 9.17) is 0 Å². The minimum Gasteiger partial charge on any atom is -0.352 e. The molecule has 2 N–H and O–H groups in total. The molecule has 0 radical (unpaired) electrons. The lowest BCUT2D eigenvalue weighted by Gasteiger charge is -2.20. The quantitative estimate of drug-likeness (QED) is 0.802. The first-order chi connectivity index (χ1) is 11.1. The van der Waals surface area contributed by atoms with Crippen molar-refractivity contribution in [2.75, 3.05) is 13.6 Å². The zero-order valence-electron chi connectivity index (χ0n) is 13.4. The van der Waals surface area contributed by atoms with Crippen LogP contribution in [0.1, 0.15) is 11.1 Å². The van der Waals surface area contributed by atoms with Gasteiger partial charge in [0, 0.05) is 6.04 Å². The molecule has 6 heteroatoms. The summed E-state index contributed by atoms with van der Waals surface area (Å²) < 4.78 is 27.7. The van der Waals surface area contributed by atoms with E-state index in [1.165, 1.54) is 12.1 Å². The van der Waals surface area contributed by atoms with Gasteiger partial charge in [0.05, 0.1) is 6.54 Å². The summed E-state index contributed by atoms with van der Waals surface area (Å²) in [5.41, 5.74) is 0.997. The van der Waals surface area contributed by atoms with Gasteiger partial charge >= 0.3 is 0 Å². The molecule has 0 aromatic heterocycles. The zero-order valence-corrected chi connectivity index (χ0v) is 14.2. The van der Waals surface area contributed by atoms with Gasteiger partial charge in [0.25, 0.3) is 0 Å². The normalized spacial score (nSPS) is 10.3. The minimum atomic E-state index is -0.385. The third kappa shape index (κ3) is 5.91. The summed E-state index contributed by atoms with van der Waals surface area (Å²) >= 11 is 0. The molecule has 0 heterocycles. The zero-order chi connectivity index (χ0) is 16.7. The van der Waals surface area contributed by atoms with Gasteiger partial charge in [-0.1, -0.05) is 36.4 Å². The largest absolute Gasteiger partial charge is 0.352 e. The van der Waals surface area contributed by atoms with Gasteiger partial charge in [0.2, 0.25) is 5.91 Å². The predicted octanol–water partition coefficient (Wildman–Crippen LogP) is 2.88. The van der Waals surface area contributed by atoms with Gasteiger partial charge in [-0.2, -0.15) is 0 Å². The second-order valence-electron chi connectivity index (χ2n) is 5.39. The fraction of sp³-hybridized carbons (Fsp3) is 0.278. The van der Waals surface area contributed by atoms with Crippen molar-refractivity contribution in [1.29, 1.82) is 0 Å². The maximum Gasteiger partial charge on any atom is 0.234 e. The fourth-order valence-corrected chi connectivity index (χ4v) is 2.47. The van der Waals surface area contributed by atoms with Gasteiger partial charge in [-0.15, -0.1) is 12.4 Å². The molecule has 0 bridgehead atoms. The Morgan fingerprint density at radius 3 is 1.83 bits per heavy atom. The molecule has 1 amide bonds. The monoisotopic (exact) mass is 354 g/mol. The van der Waals surface area contributed by atoms with E-state index in [0.29, 0.717) is 24.0 Å². The Labute approximate surface area is 146 Å². The Morgan fingerprint density at radius 2 is 1.42 bits per heavy atom. The third-order valence-corrected chi connectivity index (χ3v) is 3.55. The summed E-state index contributed by atoms with van der Waals surface area (Å²) in [5, 5.41) is 5.60. The molecule has 0 aliphatic rings. The summed E-state index contributed by atoms with van der Waals surface area (Å²) in [6.07, 6.45) is 0.604. The maximum atomic E-state index is 13.9. The summed E-state index contributed by atoms with van der Waals surface area (Å²) in [5.74, 6) is -0.854. The van der Waals surface area contributed by atoms with E-state index < -0.39 is 0 Å². The highest BCUT2D eigenvalue weighted by Gasteiger charge is 2.17. The van der Waals surface area contributed by atoms with E-state index in [1.807, 2.05) is 0 Å². The van der Waals surface area contributed by atoms with Crippen LogP contribution in [-0.4, -0.2) is 25.5 Å². The van der Waals surface area contributed by atoms with E-state index in [2.05, 4.69) is 10.6 Å². The number of carbonyl (C=O) groups excluding carboxylic acids is 1. The van der Waals surface area contributed by atoms with Crippen molar-refractivity contribution in [1.82, 2.24) is 10.6 Å². The average molecular weight is 355 g/mol. The highest BCUT2D eigenvalue weighted by Crippen LogP contribution is 2.14. The number of benzene rings is 2. The van der Waals surface area contributed by atoms with Crippen LogP contribution in [0.2, 0.25) is 0 Å². The van der Waals surface area contributed by atoms with E-state index in [-0.39, 0.29) is 42.5 Å². The smallest absolute Gasteiger partial charge is 0.234 e. The van der Waals surface area contributed by atoms with Crippen molar-refractivity contribution < 1.29 is 13.6 Å². The highest BCUT2D eigenvalue weighted by atomic mass is 35.5. The van der Waals surface area contributed by atoms with E-state index in [0.717, 1.165) is 0 Å². The van der Waals surface area contributed by atoms with Crippen molar-refractivity contribution in [2.24, 2.45) is 0 Å². The van der Waals surface area contributed by atoms with Gasteiger partial charge in [-0.3, -0.25) is 4.79 Å². The second kappa shape index (κ2) is 10.0. The molecule has 0 saturated carbocycles. The van der Waals surface area contributed by atoms with Crippen LogP contribution < -0.4 is 10.6 Å². The van der Waals surface area contributed by atoms with Gasteiger partial charge in [-0.05, 0) is 43.1 Å². The van der Waals surface area contributed by atoms with Crippen LogP contribution >= 0.6 is 12.4 Å². The van der Waals surface area contributed by atoms with Crippen LogP contribution in [0.4, 0.5) is 8.78 Å². The standard InChI is InChI=1S/C18H20F2N2O.ClH/c1-21-12-18(23)22-15(10-13-6-2-4-8-16(13)19)11-14-7-3-5-9-17(14)20;/h2-9,15,21H,10-12H2,1H3,(H,22,23);1H. The molecule has 0 aliphatic heterocycles. The molecule has 0 unspecified atom stereocenters. The molecule has 0 spiro atoms. The number of hydrogen-bond acceptors (Lipinski definition) is 2. The van der Waals surface area contributed by atoms with E-state index in [1.54, 1.807) is 43.4 Å². The lowest BCUT2D eigenvalue weighted by atomic mass is 9.98. The molecular weight excluding hydrogens is 334 g/mol. The van der Waals surface area contributed by atoms with E-state index in [9.17, 15) is 13.6 Å². The molecule has 24 heavy (non-hydrogen) atoms. The van der Waals surface area contributed by atoms with Crippen molar-refractivity contribution >= 4 is 18.3 Å². The number of halogens is 3. The number of carbonyl (C=O) groups is 1. The first-order valence-corrected chi connectivity index (χ1v) is 7.51. The van der Waals surface area contributed by atoms with Crippen molar-refractivity contribution in [2.45, 2.75) is 18.9 Å². The molecule has 0 fully saturated rings. The van der Waals surface area contributed by atoms with Crippen LogP contribution in [0.3, 0.4) is 0 Å². The SMILES string of the molecule is CNCC(=O)NC(Cc1ccccc1F)Cc1ccccc1F.Cl. The van der Waals surface area contributed by atoms with Crippen molar-refractivity contribution in [3.63, 3.8) is 0 Å². The summed E-state index contributed by atoms with van der Waals surface area (Å²) in [4.78, 5) is 11.8. The summed E-state index contributed by atoms with van der Waals surface area (Å²) in [6.45, 7) is 0.158. The Bertz CT molecular complexity index is 619. The van der Waals surface area contributed by atoms with Gasteiger partial charge in [0.1, 0.15) is 11.6 Å². The minimum absolute atomic E-state index is 0. The number of hydrogen-bond donors (Lipinski definition) is 2. The number of nitrogens with one attached hydrogen (secondary N) is 2. The maximum absolute atomic E-state index is 13.9. The van der Waals surface area contributed by atoms with Crippen molar-refractivity contribution in [3.8, 4) is 0 Å². The first kappa shape index (κ1) is 20.1. The molecule has 3 nitrogen and oxygen atoms in total. The highest BCUT2D eigenvalue weighted by molar-refractivity contribution is 5.85. The number of likely N-dealkylation sites (N-methyl/N-ethyl adjacent to an activating group) is 1. The van der Waals surface area contributed by atoms with Gasteiger partial charge in [-0.25, -0.2) is 8.78 Å². The van der Waals surface area contributed by atoms with Crippen LogP contribution in [0, 0.1) is 11.6 Å². The first-order valence-electron chi connectivity index (χ1n) is 7.51. The van der Waals surface area contributed by atoms with Crippen LogP contribution in [-0.2, 0) is 17.6 Å². The van der Waals surface area contributed by atoms with Crippen LogP contribution in [0.5, 0.6) is 0 Å². The van der Waals surface area contributed by atoms with E-state index >= 15 is 0 Å². The average Bonchev–Trinajstić information content (AvgIpc) is 2.52. The van der Waals surface area contributed by atoms with Crippen molar-refractivity contribution in [3.05, 3.63) is 71.3 Å². The Balaban J connectivity index is 0.00000288. The summed E-state index contributed by atoms with van der Waals surface area (Å²) in [7, 11) is 1.67. The number of amides is 1. The molecule has 0 atom stereocenters. The predicted molar refractivity (Wildman–Crippen MR) is 93.3 cm³/mol. The third-order valence-electron chi connectivity index (χ3n) is 3.55. The molecule has 130 valence electrons. The Hall–Kier alpha value is -1.98. The molecule has 2 aromatic rings. The van der Waals surface area contributed by atoms with Gasteiger partial charge < -0.3 is 10.6 Å². The number of rotatable bonds is 7. The molecule has 2 rings (SSSR count). The molecular formula is C18H21ClF2N2O. The molecule has 0 aliphatic carbocycles. The Morgan fingerprint density at radius 1 is 0.958 bits per heavy atom. The van der Waals surface area contributed by atoms with Crippen LogP contribution in [0.25, 0.3) is 0 Å². The topological polar surface area (TPSA) is 41.1 Å². The lowest BCUT2D eigenvalue weighted by Crippen LogP contribution is -2.42. The second-order valence-corrected chi connectivity index (χ2v) is 5.39. The molecule has 2 aromatic carbocycles. The lowest BCUT2D eigenvalue weighted by molar-refractivity contribution is -0.120. The fourth-order valence-electron chi connectivity index (χ4n) is 2.47. The Kier molecular flexibility index (Phi) is 8.36. The van der Waals surface area contributed by atoms with Crippen LogP contribution in [0.15, 0.2) is 48.5 Å². The summed E-state index contributed by atoms with van der Waals surface area (Å²) in [6, 6.07) is 12.4. The molecule has 0 saturated heterocycles. The van der Waals surface area contributed by atoms with Gasteiger partial charge in [0.15, 0.2) is 0 Å².